The summed E-state index contributed by atoms with van der Waals surface area (Å²) in [6.07, 6.45) is -7.11. The maximum atomic E-state index is 13.6. The molecule has 0 radical (unpaired) electrons. The Morgan fingerprint density at radius 2 is 1.33 bits per heavy atom. The molecule has 1 unspecified atom stereocenters. The van der Waals surface area contributed by atoms with Gasteiger partial charge in [-0.1, -0.05) is 12.1 Å². The fraction of sp³-hybridized carbons (Fsp3) is 0.538. The van der Waals surface area contributed by atoms with Gasteiger partial charge in [0.05, 0.1) is 7.11 Å². The zero-order valence-corrected chi connectivity index (χ0v) is 14.2. The smallest absolute Gasteiger partial charge is 0.460 e. The first-order chi connectivity index (χ1) is 11.9. The third-order valence-corrected chi connectivity index (χ3v) is 5.00. The highest BCUT2D eigenvalue weighted by atomic mass is 32.2. The van der Waals surface area contributed by atoms with Gasteiger partial charge >= 0.3 is 23.3 Å². The number of methoxy groups -OCH3 is 1. The van der Waals surface area contributed by atoms with E-state index in [1.54, 1.807) is 0 Å². The van der Waals surface area contributed by atoms with Crippen LogP contribution in [0.3, 0.4) is 0 Å². The Kier molecular flexibility index (Phi) is 6.08. The van der Waals surface area contributed by atoms with E-state index in [4.69, 9.17) is 4.74 Å². The molecule has 1 N–H and O–H groups in total. The summed E-state index contributed by atoms with van der Waals surface area (Å²) in [6, 6.07) is 3.08. The van der Waals surface area contributed by atoms with Gasteiger partial charge in [-0.25, -0.2) is 13.1 Å². The van der Waals surface area contributed by atoms with Crippen molar-refractivity contribution in [3.8, 4) is 5.75 Å². The minimum atomic E-state index is -7.30. The van der Waals surface area contributed by atoms with Crippen molar-refractivity contribution in [3.63, 3.8) is 0 Å². The van der Waals surface area contributed by atoms with Gasteiger partial charge in [0.25, 0.3) is 10.0 Å². The lowest BCUT2D eigenvalue weighted by Gasteiger charge is -2.33. The summed E-state index contributed by atoms with van der Waals surface area (Å²) in [5.74, 6) is -14.3. The predicted molar refractivity (Wildman–Crippen MR) is 74.4 cm³/mol. The van der Waals surface area contributed by atoms with Gasteiger partial charge in [-0.3, -0.25) is 0 Å². The first kappa shape index (κ1) is 23.3. The van der Waals surface area contributed by atoms with Crippen LogP contribution in [0.4, 0.5) is 39.5 Å². The second-order valence-corrected chi connectivity index (χ2v) is 7.03. The van der Waals surface area contributed by atoms with Gasteiger partial charge in [-0.05, 0) is 24.6 Å². The molecule has 0 aliphatic rings. The van der Waals surface area contributed by atoms with Crippen LogP contribution in [-0.4, -0.2) is 38.8 Å². The molecule has 0 fully saturated rings. The van der Waals surface area contributed by atoms with E-state index in [0.29, 0.717) is 0 Å². The lowest BCUT2D eigenvalue weighted by atomic mass is 10.1. The Balaban J connectivity index is 3.23. The van der Waals surface area contributed by atoms with Crippen molar-refractivity contribution in [1.29, 1.82) is 0 Å². The second kappa shape index (κ2) is 7.04. The van der Waals surface area contributed by atoms with Crippen molar-refractivity contribution in [3.05, 3.63) is 29.8 Å². The van der Waals surface area contributed by atoms with Gasteiger partial charge < -0.3 is 4.74 Å². The van der Waals surface area contributed by atoms with Crippen molar-refractivity contribution >= 4 is 10.0 Å². The Labute approximate surface area is 147 Å². The predicted octanol–water partition coefficient (Wildman–Crippen LogP) is 4.10. The molecule has 0 heterocycles. The van der Waals surface area contributed by atoms with Crippen LogP contribution in [0.15, 0.2) is 24.3 Å². The molecule has 4 nitrogen and oxygen atoms in total. The molecule has 0 saturated heterocycles. The highest BCUT2D eigenvalue weighted by molar-refractivity contribution is 7.90. The van der Waals surface area contributed by atoms with E-state index in [9.17, 15) is 47.9 Å². The van der Waals surface area contributed by atoms with Gasteiger partial charge in [0.15, 0.2) is 0 Å². The average molecular weight is 433 g/mol. The summed E-state index contributed by atoms with van der Waals surface area (Å²) < 4.78 is 144. The minimum Gasteiger partial charge on any atom is -0.497 e. The highest BCUT2D eigenvalue weighted by Gasteiger charge is 2.85. The zero-order valence-electron chi connectivity index (χ0n) is 13.4. The quantitative estimate of drug-likeness (QED) is 0.659. The van der Waals surface area contributed by atoms with E-state index >= 15 is 0 Å². The van der Waals surface area contributed by atoms with E-state index in [1.807, 2.05) is 0 Å². The summed E-state index contributed by atoms with van der Waals surface area (Å²) in [6.45, 7) is 0.884. The van der Waals surface area contributed by atoms with Gasteiger partial charge in [0, 0.05) is 6.04 Å². The number of hydrogen-bond acceptors (Lipinski definition) is 3. The summed E-state index contributed by atoms with van der Waals surface area (Å²) >= 11 is 0. The first-order valence-electron chi connectivity index (χ1n) is 6.78. The largest absolute Gasteiger partial charge is 0.497 e. The summed E-state index contributed by atoms with van der Waals surface area (Å²) in [4.78, 5) is 0. The molecule has 1 rings (SSSR count). The maximum Gasteiger partial charge on any atom is 0.460 e. The molecule has 0 aromatic heterocycles. The van der Waals surface area contributed by atoms with Crippen molar-refractivity contribution < 1.29 is 52.7 Å². The molecule has 27 heavy (non-hydrogen) atoms. The number of nitrogens with one attached hydrogen (secondary N) is 1. The number of sulfonamides is 1. The van der Waals surface area contributed by atoms with Crippen LogP contribution >= 0.6 is 0 Å². The lowest BCUT2D eigenvalue weighted by molar-refractivity contribution is -0.382. The molecule has 1 aromatic carbocycles. The monoisotopic (exact) mass is 433 g/mol. The number of hydrogen-bond donors (Lipinski definition) is 1. The third kappa shape index (κ3) is 3.95. The van der Waals surface area contributed by atoms with E-state index in [2.05, 4.69) is 0 Å². The molecular formula is C13H12F9NO3S. The first-order valence-corrected chi connectivity index (χ1v) is 8.26. The molecule has 0 spiro atoms. The Bertz CT molecular complexity index is 760. The Hall–Kier alpha value is -1.70. The molecule has 0 bridgehead atoms. The van der Waals surface area contributed by atoms with Crippen LogP contribution < -0.4 is 9.46 Å². The molecule has 1 atom stereocenters. The van der Waals surface area contributed by atoms with Crippen LogP contribution in [0.25, 0.3) is 0 Å². The van der Waals surface area contributed by atoms with Crippen molar-refractivity contribution in [2.75, 3.05) is 7.11 Å². The molecule has 0 aliphatic heterocycles. The number of rotatable bonds is 7. The number of benzene rings is 1. The highest BCUT2D eigenvalue weighted by Crippen LogP contribution is 2.54. The minimum absolute atomic E-state index is 0.0823. The van der Waals surface area contributed by atoms with Gasteiger partial charge in [0.1, 0.15) is 5.75 Å². The molecule has 156 valence electrons. The van der Waals surface area contributed by atoms with Crippen molar-refractivity contribution in [2.24, 2.45) is 0 Å². The second-order valence-electron chi connectivity index (χ2n) is 5.28. The fourth-order valence-corrected chi connectivity index (χ4v) is 3.01. The fourth-order valence-electron chi connectivity index (χ4n) is 1.80. The SMILES string of the molecule is COc1ccc(C(C)NS(=O)(=O)C(F)(F)C(F)(F)C(F)(F)C(F)(F)F)cc1. The summed E-state index contributed by atoms with van der Waals surface area (Å²) in [5, 5.41) is -6.78. The van der Waals surface area contributed by atoms with E-state index < -0.39 is 39.3 Å². The van der Waals surface area contributed by atoms with Crippen LogP contribution in [0.2, 0.25) is 0 Å². The maximum absolute atomic E-state index is 13.6. The van der Waals surface area contributed by atoms with E-state index in [1.165, 1.54) is 19.2 Å². The van der Waals surface area contributed by atoms with Crippen molar-refractivity contribution in [1.82, 2.24) is 4.72 Å². The average Bonchev–Trinajstić information content (AvgIpc) is 2.52. The normalized spacial score (nSPS) is 15.5. The topological polar surface area (TPSA) is 55.4 Å². The summed E-state index contributed by atoms with van der Waals surface area (Å²) in [7, 11) is -5.40. The number of halogens is 9. The summed E-state index contributed by atoms with van der Waals surface area (Å²) in [5.41, 5.74) is -0.0823. The van der Waals surface area contributed by atoms with Crippen LogP contribution in [-0.2, 0) is 10.0 Å². The van der Waals surface area contributed by atoms with Crippen LogP contribution in [0, 0.1) is 0 Å². The molecule has 0 aliphatic carbocycles. The van der Waals surface area contributed by atoms with Gasteiger partial charge in [-0.2, -0.15) is 39.5 Å². The Morgan fingerprint density at radius 3 is 1.70 bits per heavy atom. The standard InChI is InChI=1S/C13H12F9NO3S/c1-7(8-3-5-9(26-2)6-4-8)23-27(24,25)13(21,22)11(16,17)10(14,15)12(18,19)20/h3-7,23H,1-2H3. The van der Waals surface area contributed by atoms with E-state index in [0.717, 1.165) is 23.8 Å². The van der Waals surface area contributed by atoms with Gasteiger partial charge in [-0.15, -0.1) is 0 Å². The molecule has 14 heteroatoms. The lowest BCUT2D eigenvalue weighted by Crippen LogP contribution is -2.65. The molecule has 1 aromatic rings. The zero-order chi connectivity index (χ0) is 21.5. The molecule has 0 amide bonds. The van der Waals surface area contributed by atoms with Crippen LogP contribution in [0.1, 0.15) is 18.5 Å². The third-order valence-electron chi connectivity index (χ3n) is 3.40. The van der Waals surface area contributed by atoms with Gasteiger partial charge in [0.2, 0.25) is 0 Å². The molecule has 0 saturated carbocycles. The van der Waals surface area contributed by atoms with E-state index in [-0.39, 0.29) is 11.3 Å². The number of ether oxygens (including phenoxy) is 1. The van der Waals surface area contributed by atoms with Crippen molar-refractivity contribution in [2.45, 2.75) is 36.2 Å². The number of alkyl halides is 9. The molecular weight excluding hydrogens is 421 g/mol. The van der Waals surface area contributed by atoms with Crippen LogP contribution in [0.5, 0.6) is 5.75 Å². The Morgan fingerprint density at radius 1 is 0.889 bits per heavy atom.